The molecule has 0 saturated carbocycles. The van der Waals surface area contributed by atoms with Gasteiger partial charge in [-0.15, -0.1) is 0 Å². The summed E-state index contributed by atoms with van der Waals surface area (Å²) in [7, 11) is 1.66. The first-order valence-corrected chi connectivity index (χ1v) is 8.00. The van der Waals surface area contributed by atoms with E-state index in [2.05, 4.69) is 22.5 Å². The molecule has 2 saturated heterocycles. The van der Waals surface area contributed by atoms with Crippen molar-refractivity contribution in [3.63, 3.8) is 0 Å². The first-order valence-electron chi connectivity index (χ1n) is 8.00. The van der Waals surface area contributed by atoms with Gasteiger partial charge < -0.3 is 15.4 Å². The predicted octanol–water partition coefficient (Wildman–Crippen LogP) is 0.746. The molecular formula is C15H29N3O2. The molecule has 5 nitrogen and oxygen atoms in total. The van der Waals surface area contributed by atoms with Crippen LogP contribution >= 0.6 is 0 Å². The summed E-state index contributed by atoms with van der Waals surface area (Å²) in [5.41, 5.74) is -0.614. The summed E-state index contributed by atoms with van der Waals surface area (Å²) >= 11 is 0. The number of amides is 1. The number of likely N-dealkylation sites (tertiary alicyclic amines) is 1. The van der Waals surface area contributed by atoms with E-state index in [4.69, 9.17) is 4.74 Å². The van der Waals surface area contributed by atoms with Crippen molar-refractivity contribution in [3.05, 3.63) is 0 Å². The van der Waals surface area contributed by atoms with Crippen molar-refractivity contribution in [2.24, 2.45) is 0 Å². The van der Waals surface area contributed by atoms with Crippen LogP contribution in [0.3, 0.4) is 0 Å². The number of hydrogen-bond donors (Lipinski definition) is 2. The fourth-order valence-electron chi connectivity index (χ4n) is 3.43. The van der Waals surface area contributed by atoms with Crippen molar-refractivity contribution in [1.82, 2.24) is 15.5 Å². The van der Waals surface area contributed by atoms with Crippen LogP contribution in [0, 0.1) is 0 Å². The molecule has 116 valence electrons. The molecule has 2 N–H and O–H groups in total. The van der Waals surface area contributed by atoms with Crippen LogP contribution in [0.25, 0.3) is 0 Å². The zero-order valence-corrected chi connectivity index (χ0v) is 12.9. The smallest absolute Gasteiger partial charge is 0.252 e. The largest absolute Gasteiger partial charge is 0.368 e. The van der Waals surface area contributed by atoms with E-state index in [0.29, 0.717) is 6.04 Å². The Morgan fingerprint density at radius 3 is 2.80 bits per heavy atom. The number of hydrogen-bond acceptors (Lipinski definition) is 4. The number of ether oxygens (including phenoxy) is 1. The minimum atomic E-state index is -0.614. The van der Waals surface area contributed by atoms with E-state index in [1.807, 2.05) is 0 Å². The molecule has 1 atom stereocenters. The summed E-state index contributed by atoms with van der Waals surface area (Å²) in [6.45, 7) is 6.89. The Balaban J connectivity index is 1.86. The fourth-order valence-corrected chi connectivity index (χ4v) is 3.43. The average Bonchev–Trinajstić information content (AvgIpc) is 2.53. The lowest BCUT2D eigenvalue weighted by atomic mass is 9.91. The summed E-state index contributed by atoms with van der Waals surface area (Å²) in [6.07, 6.45) is 5.27. The first kappa shape index (κ1) is 15.7. The van der Waals surface area contributed by atoms with Gasteiger partial charge in [-0.05, 0) is 51.9 Å². The highest BCUT2D eigenvalue weighted by Crippen LogP contribution is 2.23. The molecule has 2 rings (SSSR count). The van der Waals surface area contributed by atoms with Crippen LogP contribution in [-0.2, 0) is 9.53 Å². The lowest BCUT2D eigenvalue weighted by Gasteiger charge is -2.38. The molecule has 2 aliphatic heterocycles. The Morgan fingerprint density at radius 2 is 2.15 bits per heavy atom. The van der Waals surface area contributed by atoms with E-state index in [9.17, 15) is 4.79 Å². The quantitative estimate of drug-likeness (QED) is 0.782. The van der Waals surface area contributed by atoms with Crippen LogP contribution in [0.4, 0.5) is 0 Å². The standard InChI is InChI=1S/C15H29N3O2/c1-3-18-11-5-4-6-13(18)12-17-14(19)15(20-2)7-9-16-10-8-15/h13,16H,3-12H2,1-2H3,(H,17,19). The summed E-state index contributed by atoms with van der Waals surface area (Å²) in [6, 6.07) is 0.494. The number of likely N-dealkylation sites (N-methyl/N-ethyl adjacent to an activating group) is 1. The molecule has 0 spiro atoms. The number of nitrogens with one attached hydrogen (secondary N) is 2. The third kappa shape index (κ3) is 3.51. The minimum Gasteiger partial charge on any atom is -0.368 e. The zero-order valence-electron chi connectivity index (χ0n) is 12.9. The van der Waals surface area contributed by atoms with Crippen molar-refractivity contribution in [3.8, 4) is 0 Å². The van der Waals surface area contributed by atoms with Gasteiger partial charge in [-0.1, -0.05) is 13.3 Å². The van der Waals surface area contributed by atoms with E-state index in [0.717, 1.165) is 45.6 Å². The van der Waals surface area contributed by atoms with Gasteiger partial charge in [0.25, 0.3) is 5.91 Å². The highest BCUT2D eigenvalue weighted by atomic mass is 16.5. The second kappa shape index (κ2) is 7.38. The molecule has 0 aliphatic carbocycles. The van der Waals surface area contributed by atoms with E-state index >= 15 is 0 Å². The van der Waals surface area contributed by atoms with Crippen LogP contribution in [0.15, 0.2) is 0 Å². The molecule has 2 fully saturated rings. The highest BCUT2D eigenvalue weighted by molar-refractivity contribution is 5.85. The van der Waals surface area contributed by atoms with Crippen molar-refractivity contribution >= 4 is 5.91 Å². The first-order chi connectivity index (χ1) is 9.72. The van der Waals surface area contributed by atoms with Gasteiger partial charge in [0.05, 0.1) is 0 Å². The van der Waals surface area contributed by atoms with Crippen molar-refractivity contribution < 1.29 is 9.53 Å². The Morgan fingerprint density at radius 1 is 1.40 bits per heavy atom. The zero-order chi connectivity index (χ0) is 14.4. The van der Waals surface area contributed by atoms with Gasteiger partial charge in [-0.2, -0.15) is 0 Å². The Labute approximate surface area is 122 Å². The topological polar surface area (TPSA) is 53.6 Å². The molecule has 20 heavy (non-hydrogen) atoms. The van der Waals surface area contributed by atoms with Crippen molar-refractivity contribution in [2.75, 3.05) is 39.8 Å². The maximum absolute atomic E-state index is 12.5. The van der Waals surface area contributed by atoms with Crippen molar-refractivity contribution in [2.45, 2.75) is 50.7 Å². The second-order valence-corrected chi connectivity index (χ2v) is 5.94. The summed E-state index contributed by atoms with van der Waals surface area (Å²) in [5.74, 6) is 0.0723. The van der Waals surface area contributed by atoms with Gasteiger partial charge in [-0.3, -0.25) is 9.69 Å². The number of piperidine rings is 2. The van der Waals surface area contributed by atoms with Crippen LogP contribution in [-0.4, -0.2) is 62.3 Å². The number of carbonyl (C=O) groups excluding carboxylic acids is 1. The van der Waals surface area contributed by atoms with E-state index in [1.165, 1.54) is 19.3 Å². The summed E-state index contributed by atoms with van der Waals surface area (Å²) < 4.78 is 5.57. The fraction of sp³-hybridized carbons (Fsp3) is 0.933. The number of nitrogens with zero attached hydrogens (tertiary/aromatic N) is 1. The van der Waals surface area contributed by atoms with Crippen LogP contribution < -0.4 is 10.6 Å². The molecule has 0 aromatic heterocycles. The van der Waals surface area contributed by atoms with Gasteiger partial charge in [0.15, 0.2) is 0 Å². The molecule has 1 unspecified atom stereocenters. The van der Waals surface area contributed by atoms with E-state index in [1.54, 1.807) is 7.11 Å². The third-order valence-corrected chi connectivity index (χ3v) is 4.87. The molecule has 2 heterocycles. The van der Waals surface area contributed by atoms with Crippen LogP contribution in [0.2, 0.25) is 0 Å². The molecule has 5 heteroatoms. The van der Waals surface area contributed by atoms with Crippen LogP contribution in [0.1, 0.15) is 39.0 Å². The summed E-state index contributed by atoms with van der Waals surface area (Å²) in [4.78, 5) is 15.0. The van der Waals surface area contributed by atoms with Crippen molar-refractivity contribution in [1.29, 1.82) is 0 Å². The van der Waals surface area contributed by atoms with Gasteiger partial charge >= 0.3 is 0 Å². The Bertz CT molecular complexity index is 316. The molecule has 0 aromatic rings. The SMILES string of the molecule is CCN1CCCCC1CNC(=O)C1(OC)CCNCC1. The molecule has 2 aliphatic rings. The molecule has 1 amide bonds. The molecule has 0 aromatic carbocycles. The Kier molecular flexibility index (Phi) is 5.81. The Hall–Kier alpha value is -0.650. The molecular weight excluding hydrogens is 254 g/mol. The number of carbonyl (C=O) groups is 1. The third-order valence-electron chi connectivity index (χ3n) is 4.87. The molecule has 0 bridgehead atoms. The van der Waals surface area contributed by atoms with Gasteiger partial charge in [-0.25, -0.2) is 0 Å². The maximum atomic E-state index is 12.5. The predicted molar refractivity (Wildman–Crippen MR) is 79.7 cm³/mol. The minimum absolute atomic E-state index is 0.0723. The second-order valence-electron chi connectivity index (χ2n) is 5.94. The van der Waals surface area contributed by atoms with Gasteiger partial charge in [0, 0.05) is 19.7 Å². The van der Waals surface area contributed by atoms with Crippen LogP contribution in [0.5, 0.6) is 0 Å². The summed E-state index contributed by atoms with van der Waals surface area (Å²) in [5, 5.41) is 6.43. The number of rotatable bonds is 5. The monoisotopic (exact) mass is 283 g/mol. The average molecular weight is 283 g/mol. The highest BCUT2D eigenvalue weighted by Gasteiger charge is 2.39. The van der Waals surface area contributed by atoms with Gasteiger partial charge in [0.2, 0.25) is 0 Å². The van der Waals surface area contributed by atoms with Gasteiger partial charge in [0.1, 0.15) is 5.60 Å². The molecule has 0 radical (unpaired) electrons. The normalized spacial score (nSPS) is 27.2. The lowest BCUT2D eigenvalue weighted by Crippen LogP contribution is -2.56. The number of methoxy groups -OCH3 is 1. The maximum Gasteiger partial charge on any atom is 0.252 e. The van der Waals surface area contributed by atoms with E-state index < -0.39 is 5.60 Å². The lowest BCUT2D eigenvalue weighted by molar-refractivity contribution is -0.147. The van der Waals surface area contributed by atoms with E-state index in [-0.39, 0.29) is 5.91 Å².